The van der Waals surface area contributed by atoms with Gasteiger partial charge in [0, 0.05) is 42.6 Å². The van der Waals surface area contributed by atoms with Crippen LogP contribution in [0.1, 0.15) is 18.9 Å². The van der Waals surface area contributed by atoms with E-state index in [1.807, 2.05) is 25.1 Å². The second-order valence-corrected chi connectivity index (χ2v) is 7.46. The van der Waals surface area contributed by atoms with Crippen molar-refractivity contribution in [2.75, 3.05) is 49.5 Å². The Hall–Kier alpha value is -2.24. The van der Waals surface area contributed by atoms with E-state index < -0.39 is 0 Å². The quantitative estimate of drug-likeness (QED) is 0.755. The molecule has 0 aliphatic carbocycles. The molecule has 0 radical (unpaired) electrons. The molecule has 3 rings (SSSR count). The Morgan fingerprint density at radius 3 is 2.61 bits per heavy atom. The summed E-state index contributed by atoms with van der Waals surface area (Å²) in [5.41, 5.74) is 3.14. The number of amides is 1. The lowest BCUT2D eigenvalue weighted by atomic mass is 10.1. The first-order valence-corrected chi connectivity index (χ1v) is 10.2. The van der Waals surface area contributed by atoms with E-state index in [0.29, 0.717) is 17.4 Å². The fourth-order valence-electron chi connectivity index (χ4n) is 3.34. The largest absolute Gasteiger partial charge is 0.493 e. The van der Waals surface area contributed by atoms with Gasteiger partial charge < -0.3 is 19.9 Å². The predicted octanol–water partition coefficient (Wildman–Crippen LogP) is 4.20. The van der Waals surface area contributed by atoms with Gasteiger partial charge in [0.25, 0.3) is 0 Å². The first-order chi connectivity index (χ1) is 13.5. The molecule has 28 heavy (non-hydrogen) atoms. The van der Waals surface area contributed by atoms with E-state index in [0.717, 1.165) is 44.0 Å². The number of nitrogens with zero attached hydrogens (tertiary/aromatic N) is 2. The first-order valence-electron chi connectivity index (χ1n) is 9.81. The van der Waals surface area contributed by atoms with Crippen LogP contribution < -0.4 is 15.0 Å². The van der Waals surface area contributed by atoms with Crippen molar-refractivity contribution in [3.8, 4) is 5.75 Å². The Kier molecular flexibility index (Phi) is 7.18. The molecule has 0 aromatic heterocycles. The zero-order valence-electron chi connectivity index (χ0n) is 16.6. The number of hydrogen-bond donors (Lipinski definition) is 1. The molecule has 0 saturated carbocycles. The molecule has 0 spiro atoms. The average Bonchev–Trinajstić information content (AvgIpc) is 2.70. The SMILES string of the molecule is CCN1CCN(c2ccc(NC(=O)CCOc3cccc(Cl)c3)c(C)c2)CC1. The van der Waals surface area contributed by atoms with Crippen LogP contribution in [0.25, 0.3) is 0 Å². The van der Waals surface area contributed by atoms with Crippen LogP contribution in [0.4, 0.5) is 11.4 Å². The minimum Gasteiger partial charge on any atom is -0.493 e. The van der Waals surface area contributed by atoms with Crippen LogP contribution in [0.2, 0.25) is 5.02 Å². The van der Waals surface area contributed by atoms with E-state index >= 15 is 0 Å². The molecule has 1 N–H and O–H groups in total. The molecule has 1 aliphatic rings. The average molecular weight is 402 g/mol. The van der Waals surface area contributed by atoms with Crippen LogP contribution in [0.15, 0.2) is 42.5 Å². The van der Waals surface area contributed by atoms with Crippen LogP contribution in [0, 0.1) is 6.92 Å². The van der Waals surface area contributed by atoms with Crippen molar-refractivity contribution in [3.05, 3.63) is 53.1 Å². The van der Waals surface area contributed by atoms with Crippen molar-refractivity contribution in [1.29, 1.82) is 0 Å². The molecular formula is C22H28ClN3O2. The number of nitrogens with one attached hydrogen (secondary N) is 1. The van der Waals surface area contributed by atoms with Gasteiger partial charge in [0.05, 0.1) is 13.0 Å². The fraction of sp³-hybridized carbons (Fsp3) is 0.409. The number of rotatable bonds is 7. The van der Waals surface area contributed by atoms with Crippen molar-refractivity contribution < 1.29 is 9.53 Å². The topological polar surface area (TPSA) is 44.8 Å². The lowest BCUT2D eigenvalue weighted by Crippen LogP contribution is -2.46. The Bertz CT molecular complexity index is 804. The second kappa shape index (κ2) is 9.80. The summed E-state index contributed by atoms with van der Waals surface area (Å²) in [5, 5.41) is 3.60. The minimum atomic E-state index is -0.0607. The highest BCUT2D eigenvalue weighted by Crippen LogP contribution is 2.24. The molecule has 2 aromatic carbocycles. The van der Waals surface area contributed by atoms with Gasteiger partial charge in [-0.25, -0.2) is 0 Å². The van der Waals surface area contributed by atoms with Crippen LogP contribution in [0.5, 0.6) is 5.75 Å². The van der Waals surface area contributed by atoms with Gasteiger partial charge in [-0.15, -0.1) is 0 Å². The van der Waals surface area contributed by atoms with Crippen LogP contribution >= 0.6 is 11.6 Å². The van der Waals surface area contributed by atoms with Crippen molar-refractivity contribution >= 4 is 28.9 Å². The number of anilines is 2. The Labute approximate surface area is 172 Å². The van der Waals surface area contributed by atoms with Crippen LogP contribution in [0.3, 0.4) is 0 Å². The van der Waals surface area contributed by atoms with Crippen molar-refractivity contribution in [2.45, 2.75) is 20.3 Å². The van der Waals surface area contributed by atoms with E-state index in [9.17, 15) is 4.79 Å². The number of halogens is 1. The molecule has 5 nitrogen and oxygen atoms in total. The van der Waals surface area contributed by atoms with E-state index in [1.54, 1.807) is 12.1 Å². The van der Waals surface area contributed by atoms with E-state index in [4.69, 9.17) is 16.3 Å². The summed E-state index contributed by atoms with van der Waals surface area (Å²) in [6.07, 6.45) is 0.284. The van der Waals surface area contributed by atoms with Crippen LogP contribution in [-0.2, 0) is 4.79 Å². The maximum Gasteiger partial charge on any atom is 0.227 e. The number of aryl methyl sites for hydroxylation is 1. The zero-order chi connectivity index (χ0) is 19.9. The predicted molar refractivity (Wildman–Crippen MR) is 116 cm³/mol. The number of carbonyl (C=O) groups is 1. The Morgan fingerprint density at radius 1 is 1.14 bits per heavy atom. The number of ether oxygens (including phenoxy) is 1. The molecule has 0 bridgehead atoms. The normalized spacial score (nSPS) is 14.8. The molecule has 6 heteroatoms. The van der Waals surface area contributed by atoms with Gasteiger partial charge in [-0.1, -0.05) is 24.6 Å². The molecule has 0 atom stereocenters. The number of likely N-dealkylation sites (N-methyl/N-ethyl adjacent to an activating group) is 1. The molecule has 0 unspecified atom stereocenters. The van der Waals surface area contributed by atoms with Crippen molar-refractivity contribution in [1.82, 2.24) is 4.90 Å². The monoisotopic (exact) mass is 401 g/mol. The van der Waals surface area contributed by atoms with Crippen LogP contribution in [-0.4, -0.2) is 50.1 Å². The van der Waals surface area contributed by atoms with E-state index in [2.05, 4.69) is 34.2 Å². The smallest absolute Gasteiger partial charge is 0.227 e. The number of piperazine rings is 1. The highest BCUT2D eigenvalue weighted by Gasteiger charge is 2.16. The van der Waals surface area contributed by atoms with Crippen molar-refractivity contribution in [2.24, 2.45) is 0 Å². The van der Waals surface area contributed by atoms with Gasteiger partial charge in [0.2, 0.25) is 5.91 Å². The van der Waals surface area contributed by atoms with Gasteiger partial charge in [-0.3, -0.25) is 4.79 Å². The van der Waals surface area contributed by atoms with Gasteiger partial charge in [0.15, 0.2) is 0 Å². The van der Waals surface area contributed by atoms with Gasteiger partial charge >= 0.3 is 0 Å². The summed E-state index contributed by atoms with van der Waals surface area (Å²) >= 11 is 5.93. The Balaban J connectivity index is 1.49. The molecule has 150 valence electrons. The van der Waals surface area contributed by atoms with E-state index in [1.165, 1.54) is 5.69 Å². The van der Waals surface area contributed by atoms with Crippen molar-refractivity contribution in [3.63, 3.8) is 0 Å². The molecular weight excluding hydrogens is 374 g/mol. The van der Waals surface area contributed by atoms with E-state index in [-0.39, 0.29) is 12.3 Å². The minimum absolute atomic E-state index is 0.0607. The number of hydrogen-bond acceptors (Lipinski definition) is 4. The standard InChI is InChI=1S/C22H28ClN3O2/c1-3-25-10-12-26(13-11-25)19-7-8-21(17(2)15-19)24-22(27)9-14-28-20-6-4-5-18(23)16-20/h4-8,15-16H,3,9-14H2,1-2H3,(H,24,27). The number of carbonyl (C=O) groups excluding carboxylic acids is 1. The van der Waals surface area contributed by atoms with Gasteiger partial charge in [0.1, 0.15) is 5.75 Å². The molecule has 1 heterocycles. The molecule has 1 saturated heterocycles. The third kappa shape index (κ3) is 5.63. The maximum absolute atomic E-state index is 12.2. The lowest BCUT2D eigenvalue weighted by molar-refractivity contribution is -0.116. The van der Waals surface area contributed by atoms with Gasteiger partial charge in [-0.2, -0.15) is 0 Å². The third-order valence-electron chi connectivity index (χ3n) is 5.06. The fourth-order valence-corrected chi connectivity index (χ4v) is 3.52. The molecule has 2 aromatic rings. The lowest BCUT2D eigenvalue weighted by Gasteiger charge is -2.35. The summed E-state index contributed by atoms with van der Waals surface area (Å²) in [4.78, 5) is 17.1. The Morgan fingerprint density at radius 2 is 1.93 bits per heavy atom. The highest BCUT2D eigenvalue weighted by molar-refractivity contribution is 6.30. The summed E-state index contributed by atoms with van der Waals surface area (Å²) in [5.74, 6) is 0.610. The third-order valence-corrected chi connectivity index (χ3v) is 5.30. The zero-order valence-corrected chi connectivity index (χ0v) is 17.3. The molecule has 1 fully saturated rings. The van der Waals surface area contributed by atoms with Gasteiger partial charge in [-0.05, 0) is 55.4 Å². The summed E-state index contributed by atoms with van der Waals surface area (Å²) < 4.78 is 5.59. The first kappa shape index (κ1) is 20.5. The summed E-state index contributed by atoms with van der Waals surface area (Å²) in [6.45, 7) is 9.94. The molecule has 1 aliphatic heterocycles. The molecule has 1 amide bonds. The highest BCUT2D eigenvalue weighted by atomic mass is 35.5. The summed E-state index contributed by atoms with van der Waals surface area (Å²) in [6, 6.07) is 13.4. The summed E-state index contributed by atoms with van der Waals surface area (Å²) in [7, 11) is 0. The second-order valence-electron chi connectivity index (χ2n) is 7.02. The maximum atomic E-state index is 12.2. The number of benzene rings is 2.